The van der Waals surface area contributed by atoms with Gasteiger partial charge in [-0.3, -0.25) is 0 Å². The maximum Gasteiger partial charge on any atom is 0.102 e. The molecule has 0 aliphatic carbocycles. The Labute approximate surface area is 133 Å². The van der Waals surface area contributed by atoms with Crippen LogP contribution in [-0.4, -0.2) is 11.7 Å². The van der Waals surface area contributed by atoms with Crippen LogP contribution < -0.4 is 0 Å². The average molecular weight is 296 g/mol. The molecule has 1 rings (SSSR count). The summed E-state index contributed by atoms with van der Waals surface area (Å²) >= 11 is 0. The molecular weight excluding hydrogens is 258 g/mol. The van der Waals surface area contributed by atoms with Crippen LogP contribution >= 0.6 is 0 Å². The number of allylic oxidation sites excluding steroid dienone is 4. The van der Waals surface area contributed by atoms with Crippen molar-refractivity contribution < 1.29 is 4.74 Å². The Morgan fingerprint density at radius 2 is 1.43 bits per heavy atom. The second-order valence-electron chi connectivity index (χ2n) is 4.27. The number of nitrogens with zero attached hydrogens (tertiary/aromatic N) is 1. The van der Waals surface area contributed by atoms with E-state index in [9.17, 15) is 0 Å². The van der Waals surface area contributed by atoms with E-state index in [0.717, 1.165) is 0 Å². The second-order valence-corrected chi connectivity index (χ2v) is 4.27. The van der Waals surface area contributed by atoms with Gasteiger partial charge >= 0.3 is 0 Å². The fourth-order valence-electron chi connectivity index (χ4n) is 1.41. The smallest absolute Gasteiger partial charge is 0.102 e. The van der Waals surface area contributed by atoms with Crippen LogP contribution in [0.25, 0.3) is 0 Å². The predicted molar refractivity (Wildman–Crippen MR) is 97.8 cm³/mol. The van der Waals surface area contributed by atoms with Gasteiger partial charge in [0.2, 0.25) is 0 Å². The molecule has 0 bridgehead atoms. The first-order valence-electron chi connectivity index (χ1n) is 7.90. The first-order valence-corrected chi connectivity index (χ1v) is 7.90. The van der Waals surface area contributed by atoms with Crippen molar-refractivity contribution in [2.75, 3.05) is 7.11 Å². The number of aromatic nitrogens is 1. The van der Waals surface area contributed by atoms with E-state index in [1.165, 1.54) is 5.69 Å². The quantitative estimate of drug-likeness (QED) is 0.615. The normalized spacial score (nSPS) is 10.2. The van der Waals surface area contributed by atoms with Gasteiger partial charge < -0.3 is 9.30 Å². The summed E-state index contributed by atoms with van der Waals surface area (Å²) in [6.07, 6.45) is 10.0. The van der Waals surface area contributed by atoms with Gasteiger partial charge in [0.1, 0.15) is 5.60 Å². The van der Waals surface area contributed by atoms with Crippen LogP contribution in [0, 0.1) is 0 Å². The number of hydrogen-bond acceptors (Lipinski definition) is 1. The van der Waals surface area contributed by atoms with Crippen molar-refractivity contribution in [2.24, 2.45) is 7.05 Å². The van der Waals surface area contributed by atoms with E-state index in [0.29, 0.717) is 0 Å². The van der Waals surface area contributed by atoms with Gasteiger partial charge in [0.25, 0.3) is 0 Å². The van der Waals surface area contributed by atoms with Crippen molar-refractivity contribution >= 4 is 0 Å². The topological polar surface area (TPSA) is 14.2 Å². The molecule has 0 aromatic carbocycles. The molecule has 0 aliphatic rings. The standard InChI is InChI=1S/C9H15NO.C6H10.2C2H6/c1-9(2,11-4)8-6-5-7-10(8)3;1-3-5-6-4-2;2*1-2/h5-7H,1-4H3;3-6H,1-2H3;2*1-2H3/b;5-3-,6-4-;;. The summed E-state index contributed by atoms with van der Waals surface area (Å²) in [5.41, 5.74) is 1.01. The molecule has 2 heteroatoms. The first-order chi connectivity index (χ1) is 9.99. The van der Waals surface area contributed by atoms with Crippen molar-refractivity contribution in [2.45, 2.75) is 61.0 Å². The lowest BCUT2D eigenvalue weighted by Gasteiger charge is -2.23. The highest BCUT2D eigenvalue weighted by atomic mass is 16.5. The van der Waals surface area contributed by atoms with Crippen LogP contribution in [-0.2, 0) is 17.4 Å². The summed E-state index contributed by atoms with van der Waals surface area (Å²) in [6.45, 7) is 16.1. The van der Waals surface area contributed by atoms with Gasteiger partial charge in [0.15, 0.2) is 0 Å². The van der Waals surface area contributed by atoms with Gasteiger partial charge in [0, 0.05) is 26.0 Å². The van der Waals surface area contributed by atoms with Gasteiger partial charge in [-0.15, -0.1) is 0 Å². The Hall–Kier alpha value is -1.28. The van der Waals surface area contributed by atoms with E-state index in [4.69, 9.17) is 4.74 Å². The van der Waals surface area contributed by atoms with Crippen LogP contribution in [0.2, 0.25) is 0 Å². The van der Waals surface area contributed by atoms with E-state index in [2.05, 4.69) is 24.5 Å². The molecular formula is C19H37NO. The largest absolute Gasteiger partial charge is 0.373 e. The number of rotatable bonds is 3. The zero-order chi connectivity index (χ0) is 17.3. The fraction of sp³-hybridized carbons (Fsp3) is 0.579. The van der Waals surface area contributed by atoms with Crippen LogP contribution in [0.3, 0.4) is 0 Å². The highest BCUT2D eigenvalue weighted by molar-refractivity contribution is 5.13. The molecule has 0 saturated carbocycles. The van der Waals surface area contributed by atoms with Crippen LogP contribution in [0.15, 0.2) is 42.6 Å². The van der Waals surface area contributed by atoms with E-state index < -0.39 is 0 Å². The average Bonchev–Trinajstić information content (AvgIpc) is 2.97. The Morgan fingerprint density at radius 3 is 1.67 bits per heavy atom. The SMILES string of the molecule is C/C=C\C=C/C.CC.CC.COC(C)(C)c1cccn1C. The summed E-state index contributed by atoms with van der Waals surface area (Å²) in [6, 6.07) is 4.10. The zero-order valence-corrected chi connectivity index (χ0v) is 15.9. The summed E-state index contributed by atoms with van der Waals surface area (Å²) in [5.74, 6) is 0. The zero-order valence-electron chi connectivity index (χ0n) is 15.9. The van der Waals surface area contributed by atoms with E-state index in [1.54, 1.807) is 7.11 Å². The lowest BCUT2D eigenvalue weighted by atomic mass is 10.1. The summed E-state index contributed by atoms with van der Waals surface area (Å²) in [5, 5.41) is 0. The molecule has 0 spiro atoms. The van der Waals surface area contributed by atoms with Gasteiger partial charge in [0.05, 0.1) is 0 Å². The lowest BCUT2D eigenvalue weighted by molar-refractivity contribution is 0.0132. The van der Waals surface area contributed by atoms with Gasteiger partial charge in [-0.05, 0) is 39.8 Å². The van der Waals surface area contributed by atoms with Gasteiger partial charge in [-0.25, -0.2) is 0 Å². The Bertz CT molecular complexity index is 349. The van der Waals surface area contributed by atoms with E-state index in [-0.39, 0.29) is 5.60 Å². The van der Waals surface area contributed by atoms with Crippen molar-refractivity contribution in [3.63, 3.8) is 0 Å². The van der Waals surface area contributed by atoms with Crippen LogP contribution in [0.1, 0.15) is 61.1 Å². The van der Waals surface area contributed by atoms with Crippen molar-refractivity contribution in [3.05, 3.63) is 48.3 Å². The minimum atomic E-state index is -0.182. The number of hydrogen-bond donors (Lipinski definition) is 0. The molecule has 1 aromatic rings. The molecule has 124 valence electrons. The Kier molecular flexibility index (Phi) is 19.7. The summed E-state index contributed by atoms with van der Waals surface area (Å²) in [4.78, 5) is 0. The van der Waals surface area contributed by atoms with Crippen LogP contribution in [0.4, 0.5) is 0 Å². The third kappa shape index (κ3) is 12.2. The molecule has 0 saturated heterocycles. The van der Waals surface area contributed by atoms with E-state index >= 15 is 0 Å². The summed E-state index contributed by atoms with van der Waals surface area (Å²) < 4.78 is 7.41. The van der Waals surface area contributed by atoms with Gasteiger partial charge in [-0.2, -0.15) is 0 Å². The highest BCUT2D eigenvalue weighted by Crippen LogP contribution is 2.22. The first kappa shape index (κ1) is 24.7. The molecule has 0 unspecified atom stereocenters. The lowest BCUT2D eigenvalue weighted by Crippen LogP contribution is -2.22. The molecule has 1 aromatic heterocycles. The van der Waals surface area contributed by atoms with E-state index in [1.807, 2.05) is 85.2 Å². The molecule has 21 heavy (non-hydrogen) atoms. The third-order valence-electron chi connectivity index (χ3n) is 2.57. The molecule has 0 atom stereocenters. The number of methoxy groups -OCH3 is 1. The second kappa shape index (κ2) is 16.8. The summed E-state index contributed by atoms with van der Waals surface area (Å²) in [7, 11) is 3.75. The highest BCUT2D eigenvalue weighted by Gasteiger charge is 2.21. The molecule has 0 aliphatic heterocycles. The monoisotopic (exact) mass is 295 g/mol. The molecule has 1 heterocycles. The minimum Gasteiger partial charge on any atom is -0.373 e. The fourth-order valence-corrected chi connectivity index (χ4v) is 1.41. The Balaban J connectivity index is -0.000000277. The Morgan fingerprint density at radius 1 is 1.00 bits per heavy atom. The third-order valence-corrected chi connectivity index (χ3v) is 2.57. The molecule has 0 N–H and O–H groups in total. The molecule has 0 amide bonds. The maximum absolute atomic E-state index is 5.34. The molecule has 0 radical (unpaired) electrons. The minimum absolute atomic E-state index is 0.182. The number of aryl methyl sites for hydroxylation is 1. The maximum atomic E-state index is 5.34. The molecule has 2 nitrogen and oxygen atoms in total. The molecule has 0 fully saturated rings. The predicted octanol–water partition coefficient (Wildman–Crippen LogP) is 6.10. The van der Waals surface area contributed by atoms with Gasteiger partial charge in [-0.1, -0.05) is 52.0 Å². The van der Waals surface area contributed by atoms with Crippen LogP contribution in [0.5, 0.6) is 0 Å². The van der Waals surface area contributed by atoms with Crippen molar-refractivity contribution in [1.29, 1.82) is 0 Å². The van der Waals surface area contributed by atoms with Crippen molar-refractivity contribution in [1.82, 2.24) is 4.57 Å². The number of ether oxygens (including phenoxy) is 1. The van der Waals surface area contributed by atoms with Crippen molar-refractivity contribution in [3.8, 4) is 0 Å².